The lowest BCUT2D eigenvalue weighted by Gasteiger charge is -2.29. The minimum absolute atomic E-state index is 0.333. The highest BCUT2D eigenvalue weighted by Crippen LogP contribution is 2.36. The molecule has 1 aliphatic rings. The van der Waals surface area contributed by atoms with Crippen LogP contribution >= 0.6 is 0 Å². The van der Waals surface area contributed by atoms with Crippen molar-refractivity contribution in [2.75, 3.05) is 4.81 Å². The van der Waals surface area contributed by atoms with Gasteiger partial charge in [0.25, 0.3) is 5.82 Å². The van der Waals surface area contributed by atoms with E-state index < -0.39 is 0 Å². The molecule has 0 saturated carbocycles. The van der Waals surface area contributed by atoms with Crippen molar-refractivity contribution in [3.63, 3.8) is 0 Å². The van der Waals surface area contributed by atoms with E-state index in [1.807, 2.05) is 0 Å². The van der Waals surface area contributed by atoms with Crippen molar-refractivity contribution in [2.24, 2.45) is 13.0 Å². The molecule has 2 aromatic carbocycles. The predicted octanol–water partition coefficient (Wildman–Crippen LogP) is 5.58. The fraction of sp³-hybridized carbons (Fsp3) is 0.292. The van der Waals surface area contributed by atoms with E-state index in [9.17, 15) is 0 Å². The molecule has 3 aromatic rings. The molecule has 0 aliphatic carbocycles. The molecule has 0 fully saturated rings. The summed E-state index contributed by atoms with van der Waals surface area (Å²) in [7, 11) is 2.19. The molecule has 1 aliphatic heterocycles. The molecule has 0 saturated heterocycles. The van der Waals surface area contributed by atoms with Crippen LogP contribution in [0, 0.1) is 5.92 Å². The second kappa shape index (κ2) is 6.88. The van der Waals surface area contributed by atoms with Crippen LogP contribution in [0.2, 0.25) is 6.82 Å². The zero-order valence-electron chi connectivity index (χ0n) is 17.0. The highest BCUT2D eigenvalue weighted by molar-refractivity contribution is 6.72. The number of anilines is 2. The second-order valence-corrected chi connectivity index (χ2v) is 8.20. The number of benzene rings is 2. The Morgan fingerprint density at radius 2 is 1.74 bits per heavy atom. The molecular weight excluding hydrogens is 327 g/mol. The van der Waals surface area contributed by atoms with Crippen LogP contribution in [0.1, 0.15) is 31.9 Å². The average Bonchev–Trinajstić information content (AvgIpc) is 2.65. The molecule has 3 heteroatoms. The van der Waals surface area contributed by atoms with Crippen molar-refractivity contribution >= 4 is 35.3 Å². The van der Waals surface area contributed by atoms with Crippen LogP contribution in [-0.2, 0) is 13.5 Å². The number of hydrogen-bond donors (Lipinski definition) is 0. The molecule has 1 aromatic heterocycles. The lowest BCUT2D eigenvalue weighted by molar-refractivity contribution is -0.631. The second-order valence-electron chi connectivity index (χ2n) is 8.20. The van der Waals surface area contributed by atoms with E-state index in [2.05, 4.69) is 105 Å². The van der Waals surface area contributed by atoms with Gasteiger partial charge in [-0.1, -0.05) is 61.8 Å². The van der Waals surface area contributed by atoms with Crippen LogP contribution in [0.5, 0.6) is 0 Å². The van der Waals surface area contributed by atoms with Crippen LogP contribution in [0.15, 0.2) is 60.1 Å². The van der Waals surface area contributed by atoms with Crippen LogP contribution in [-0.4, -0.2) is 6.85 Å². The monoisotopic (exact) mass is 355 g/mol. The van der Waals surface area contributed by atoms with Gasteiger partial charge in [-0.2, -0.15) is 0 Å². The number of fused-ring (bicyclic) bond motifs is 2. The fourth-order valence-corrected chi connectivity index (χ4v) is 4.26. The van der Waals surface area contributed by atoms with Crippen molar-refractivity contribution in [3.8, 4) is 0 Å². The molecule has 0 unspecified atom stereocenters. The zero-order chi connectivity index (χ0) is 19.1. The van der Waals surface area contributed by atoms with Crippen molar-refractivity contribution in [1.82, 2.24) is 0 Å². The molecular formula is C24H28BN2+. The first-order valence-electron chi connectivity index (χ1n) is 9.94. The van der Waals surface area contributed by atoms with E-state index in [1.54, 1.807) is 0 Å². The third-order valence-corrected chi connectivity index (χ3v) is 5.76. The summed E-state index contributed by atoms with van der Waals surface area (Å²) in [6, 6.07) is 19.9. The van der Waals surface area contributed by atoms with Crippen molar-refractivity contribution in [1.29, 1.82) is 0 Å². The van der Waals surface area contributed by atoms with E-state index in [1.165, 1.54) is 39.0 Å². The van der Waals surface area contributed by atoms with E-state index in [-0.39, 0.29) is 0 Å². The molecule has 2 heterocycles. The Hall–Kier alpha value is -2.55. The maximum absolute atomic E-state index is 2.50. The Bertz CT molecular complexity index is 1040. The lowest BCUT2D eigenvalue weighted by atomic mass is 9.54. The number of rotatable bonds is 3. The first kappa shape index (κ1) is 17.8. The maximum Gasteiger partial charge on any atom is 0.405 e. The molecule has 2 nitrogen and oxygen atoms in total. The molecule has 0 spiro atoms. The van der Waals surface area contributed by atoms with Gasteiger partial charge in [0.1, 0.15) is 11.2 Å². The topological polar surface area (TPSA) is 7.12 Å². The largest absolute Gasteiger partial charge is 0.405 e. The van der Waals surface area contributed by atoms with Gasteiger partial charge in [-0.15, -0.1) is 0 Å². The van der Waals surface area contributed by atoms with Gasteiger partial charge in [0.2, 0.25) is 0 Å². The Morgan fingerprint density at radius 3 is 2.52 bits per heavy atom. The molecule has 136 valence electrons. The van der Waals surface area contributed by atoms with Gasteiger partial charge in [0, 0.05) is 17.0 Å². The van der Waals surface area contributed by atoms with Crippen LogP contribution in [0.3, 0.4) is 0 Å². The van der Waals surface area contributed by atoms with Gasteiger partial charge in [-0.25, -0.2) is 4.57 Å². The highest BCUT2D eigenvalue weighted by Gasteiger charge is 2.37. The van der Waals surface area contributed by atoms with Crippen LogP contribution < -0.4 is 9.38 Å². The zero-order valence-corrected chi connectivity index (χ0v) is 17.0. The smallest absolute Gasteiger partial charge is 0.287 e. The van der Waals surface area contributed by atoms with Gasteiger partial charge in [0.15, 0.2) is 0 Å². The number of aromatic nitrogens is 1. The van der Waals surface area contributed by atoms with Crippen LogP contribution in [0.4, 0.5) is 11.5 Å². The predicted molar refractivity (Wildman–Crippen MR) is 118 cm³/mol. The first-order chi connectivity index (χ1) is 13.0. The van der Waals surface area contributed by atoms with E-state index in [0.717, 1.165) is 6.42 Å². The first-order valence-corrected chi connectivity index (χ1v) is 9.94. The Kier molecular flexibility index (Phi) is 4.55. The summed E-state index contributed by atoms with van der Waals surface area (Å²) in [6.07, 6.45) is 3.42. The normalized spacial score (nSPS) is 13.9. The summed E-state index contributed by atoms with van der Waals surface area (Å²) in [5.41, 5.74) is 6.71. The lowest BCUT2D eigenvalue weighted by Crippen LogP contribution is -2.45. The fourth-order valence-electron chi connectivity index (χ4n) is 4.26. The van der Waals surface area contributed by atoms with Gasteiger partial charge in [-0.05, 0) is 43.8 Å². The highest BCUT2D eigenvalue weighted by atomic mass is 15.2. The van der Waals surface area contributed by atoms with Crippen LogP contribution in [0.25, 0.3) is 17.0 Å². The van der Waals surface area contributed by atoms with Crippen molar-refractivity contribution in [3.05, 3.63) is 71.2 Å². The van der Waals surface area contributed by atoms with Crippen molar-refractivity contribution in [2.45, 2.75) is 34.0 Å². The Labute approximate surface area is 163 Å². The Morgan fingerprint density at radius 1 is 1.04 bits per heavy atom. The summed E-state index contributed by atoms with van der Waals surface area (Å²) < 4.78 is 2.35. The SMILES string of the molecule is CB1C(C)=Cc2ccccc2N1c1cc(CC(C)C)c2ccccc2[n+]1C. The molecule has 0 bridgehead atoms. The Balaban J connectivity index is 1.99. The third kappa shape index (κ3) is 3.05. The molecule has 27 heavy (non-hydrogen) atoms. The number of hydrogen-bond acceptors (Lipinski definition) is 1. The minimum Gasteiger partial charge on any atom is -0.287 e. The van der Waals surface area contributed by atoms with Gasteiger partial charge in [0.05, 0.1) is 7.05 Å². The number of aryl methyl sites for hydroxylation is 1. The summed E-state index contributed by atoms with van der Waals surface area (Å²) in [6.45, 7) is 9.47. The molecule has 0 amide bonds. The van der Waals surface area contributed by atoms with Gasteiger partial charge < -0.3 is 0 Å². The molecule has 0 radical (unpaired) electrons. The summed E-state index contributed by atoms with van der Waals surface area (Å²) in [5.74, 6) is 1.89. The van der Waals surface area contributed by atoms with E-state index in [4.69, 9.17) is 0 Å². The molecule has 0 N–H and O–H groups in total. The standard InChI is InChI=1S/C24H28BN2/c1-17(2)14-20-16-24(26(5)23-13-9-7-11-21(20)23)27-22-12-8-6-10-19(22)15-18(3)25(27)4/h6-13,15-17H,14H2,1-5H3/q+1. The summed E-state index contributed by atoms with van der Waals surface area (Å²) >= 11 is 0. The molecule has 0 atom stereocenters. The van der Waals surface area contributed by atoms with E-state index >= 15 is 0 Å². The summed E-state index contributed by atoms with van der Waals surface area (Å²) in [4.78, 5) is 2.50. The average molecular weight is 355 g/mol. The number of pyridine rings is 1. The van der Waals surface area contributed by atoms with E-state index in [0.29, 0.717) is 12.8 Å². The maximum atomic E-state index is 2.50. The number of allylic oxidation sites excluding steroid dienone is 1. The van der Waals surface area contributed by atoms with Gasteiger partial charge >= 0.3 is 6.85 Å². The quantitative estimate of drug-likeness (QED) is 0.440. The third-order valence-electron chi connectivity index (χ3n) is 5.76. The van der Waals surface area contributed by atoms with Crippen molar-refractivity contribution < 1.29 is 4.57 Å². The summed E-state index contributed by atoms with van der Waals surface area (Å²) in [5, 5.41) is 1.36. The van der Waals surface area contributed by atoms with Gasteiger partial charge in [-0.3, -0.25) is 4.81 Å². The number of para-hydroxylation sites is 2. The molecule has 4 rings (SSSR count). The number of nitrogens with zero attached hydrogens (tertiary/aromatic N) is 2. The minimum atomic E-state index is 0.333.